The van der Waals surface area contributed by atoms with E-state index in [9.17, 15) is 0 Å². The van der Waals surface area contributed by atoms with Gasteiger partial charge in [-0.05, 0) is 23.6 Å². The quantitative estimate of drug-likeness (QED) is 0.520. The second-order valence-electron chi connectivity index (χ2n) is 5.23. The van der Waals surface area contributed by atoms with Crippen molar-refractivity contribution in [1.82, 2.24) is 9.88 Å². The Balaban J connectivity index is 1.53. The van der Waals surface area contributed by atoms with E-state index in [-0.39, 0.29) is 0 Å². The van der Waals surface area contributed by atoms with Crippen LogP contribution in [0.5, 0.6) is 0 Å². The molecule has 0 fully saturated rings. The van der Waals surface area contributed by atoms with Crippen LogP contribution in [-0.4, -0.2) is 16.9 Å². The van der Waals surface area contributed by atoms with Crippen LogP contribution in [0.3, 0.4) is 0 Å². The number of thioether (sulfide) groups is 1. The molecule has 0 atom stereocenters. The molecule has 2 aromatic carbocycles. The zero-order valence-electron chi connectivity index (χ0n) is 12.6. The van der Waals surface area contributed by atoms with Gasteiger partial charge in [0.2, 0.25) is 0 Å². The maximum absolute atomic E-state index is 6.51. The zero-order valence-corrected chi connectivity index (χ0v) is 14.1. The fourth-order valence-corrected chi connectivity index (χ4v) is 3.72. The summed E-state index contributed by atoms with van der Waals surface area (Å²) < 4.78 is 2.14. The minimum absolute atomic E-state index is 0.866. The van der Waals surface area contributed by atoms with E-state index < -0.39 is 0 Å². The Morgan fingerprint density at radius 1 is 1.09 bits per heavy atom. The minimum atomic E-state index is 0.866. The molecule has 0 bridgehead atoms. The molecule has 3 rings (SSSR count). The van der Waals surface area contributed by atoms with Crippen LogP contribution in [-0.2, 0) is 13.6 Å². The van der Waals surface area contributed by atoms with Crippen molar-refractivity contribution in [3.8, 4) is 0 Å². The molecule has 0 unspecified atom stereocenters. The molecule has 22 heavy (non-hydrogen) atoms. The summed E-state index contributed by atoms with van der Waals surface area (Å²) in [7, 11) is 2.07. The molecule has 0 aliphatic rings. The van der Waals surface area contributed by atoms with Crippen molar-refractivity contribution in [1.29, 1.82) is 0 Å². The van der Waals surface area contributed by atoms with Crippen LogP contribution in [0.1, 0.15) is 5.69 Å². The van der Waals surface area contributed by atoms with E-state index >= 15 is 0 Å². The number of nitrogens with one attached hydrogen (secondary N) is 1. The van der Waals surface area contributed by atoms with Gasteiger partial charge in [0, 0.05) is 48.1 Å². The van der Waals surface area contributed by atoms with E-state index in [1.54, 1.807) is 11.8 Å². The predicted molar refractivity (Wildman–Crippen MR) is 96.8 cm³/mol. The summed E-state index contributed by atoms with van der Waals surface area (Å²) in [6, 6.07) is 16.7. The molecule has 2 nitrogen and oxygen atoms in total. The van der Waals surface area contributed by atoms with Gasteiger partial charge in [0.25, 0.3) is 0 Å². The number of fused-ring (bicyclic) bond motifs is 1. The van der Waals surface area contributed by atoms with E-state index in [2.05, 4.69) is 59.5 Å². The topological polar surface area (TPSA) is 17.0 Å². The minimum Gasteiger partial charge on any atom is -0.353 e. The zero-order chi connectivity index (χ0) is 15.4. The largest absolute Gasteiger partial charge is 0.353 e. The van der Waals surface area contributed by atoms with Crippen LogP contribution < -0.4 is 5.32 Å². The van der Waals surface area contributed by atoms with Gasteiger partial charge < -0.3 is 9.88 Å². The summed E-state index contributed by atoms with van der Waals surface area (Å²) in [5.74, 6) is 1.00. The Hall–Kier alpha value is -1.42. The smallest absolute Gasteiger partial charge is 0.0620 e. The number of aryl methyl sites for hydroxylation is 1. The number of benzene rings is 2. The first-order valence-electron chi connectivity index (χ1n) is 7.36. The van der Waals surface area contributed by atoms with Gasteiger partial charge >= 0.3 is 0 Å². The number of nitrogens with zero attached hydrogens (tertiary/aromatic N) is 1. The molecule has 0 spiro atoms. The lowest BCUT2D eigenvalue weighted by Gasteiger charge is -2.09. The van der Waals surface area contributed by atoms with Crippen molar-refractivity contribution in [2.45, 2.75) is 11.4 Å². The lowest BCUT2D eigenvalue weighted by Crippen LogP contribution is -2.18. The molecule has 4 heteroatoms. The molecule has 0 saturated heterocycles. The predicted octanol–water partition coefficient (Wildman–Crippen LogP) is 4.71. The van der Waals surface area contributed by atoms with Gasteiger partial charge in [-0.25, -0.2) is 0 Å². The molecule has 0 radical (unpaired) electrons. The van der Waals surface area contributed by atoms with Gasteiger partial charge in [-0.2, -0.15) is 0 Å². The van der Waals surface area contributed by atoms with Gasteiger partial charge in [-0.3, -0.25) is 0 Å². The first-order chi connectivity index (χ1) is 10.8. The van der Waals surface area contributed by atoms with Crippen LogP contribution in [0, 0.1) is 0 Å². The molecule has 1 aromatic heterocycles. The average Bonchev–Trinajstić information content (AvgIpc) is 2.94. The maximum atomic E-state index is 6.51. The Morgan fingerprint density at radius 3 is 2.77 bits per heavy atom. The Morgan fingerprint density at radius 2 is 1.95 bits per heavy atom. The Bertz CT molecular complexity index is 767. The van der Waals surface area contributed by atoms with Crippen LogP contribution in [0.25, 0.3) is 10.8 Å². The number of hydrogen-bond acceptors (Lipinski definition) is 2. The molecule has 114 valence electrons. The fourth-order valence-electron chi connectivity index (χ4n) is 2.45. The molecule has 0 amide bonds. The summed E-state index contributed by atoms with van der Waals surface area (Å²) >= 11 is 8.31. The van der Waals surface area contributed by atoms with E-state index in [1.165, 1.54) is 11.1 Å². The van der Waals surface area contributed by atoms with E-state index in [1.807, 2.05) is 12.1 Å². The van der Waals surface area contributed by atoms with Gasteiger partial charge in [-0.15, -0.1) is 11.8 Å². The highest BCUT2D eigenvalue weighted by atomic mass is 35.5. The highest BCUT2D eigenvalue weighted by Crippen LogP contribution is 2.33. The lowest BCUT2D eigenvalue weighted by molar-refractivity contribution is 0.683. The molecule has 0 aliphatic heterocycles. The highest BCUT2D eigenvalue weighted by molar-refractivity contribution is 7.99. The molecule has 0 aliphatic carbocycles. The standard InChI is InChI=1S/C18H19ClN2S/c1-21-11-4-6-15(21)13-20-10-12-22-17-9-8-14-5-2-3-7-16(14)18(17)19/h2-9,11,20H,10,12-13H2,1H3. The van der Waals surface area contributed by atoms with Crippen molar-refractivity contribution in [2.75, 3.05) is 12.3 Å². The molecular weight excluding hydrogens is 312 g/mol. The van der Waals surface area contributed by atoms with Gasteiger partial charge in [0.05, 0.1) is 5.02 Å². The fraction of sp³-hybridized carbons (Fsp3) is 0.222. The first kappa shape index (κ1) is 15.5. The number of rotatable bonds is 6. The molecule has 1 N–H and O–H groups in total. The maximum Gasteiger partial charge on any atom is 0.0620 e. The monoisotopic (exact) mass is 330 g/mol. The number of hydrogen-bond donors (Lipinski definition) is 1. The summed E-state index contributed by atoms with van der Waals surface area (Å²) in [5, 5.41) is 6.66. The summed E-state index contributed by atoms with van der Waals surface area (Å²) in [5.41, 5.74) is 1.30. The van der Waals surface area contributed by atoms with Crippen LogP contribution in [0.15, 0.2) is 59.6 Å². The van der Waals surface area contributed by atoms with E-state index in [0.717, 1.165) is 34.1 Å². The third kappa shape index (κ3) is 3.49. The Kier molecular flexibility index (Phi) is 5.08. The van der Waals surface area contributed by atoms with Crippen molar-refractivity contribution in [3.05, 3.63) is 65.4 Å². The van der Waals surface area contributed by atoms with Crippen molar-refractivity contribution in [3.63, 3.8) is 0 Å². The molecular formula is C18H19ClN2S. The van der Waals surface area contributed by atoms with Crippen molar-refractivity contribution < 1.29 is 0 Å². The molecule has 3 aromatic rings. The first-order valence-corrected chi connectivity index (χ1v) is 8.73. The molecule has 1 heterocycles. The number of halogens is 1. The van der Waals surface area contributed by atoms with E-state index in [4.69, 9.17) is 11.6 Å². The van der Waals surface area contributed by atoms with Crippen LogP contribution >= 0.6 is 23.4 Å². The van der Waals surface area contributed by atoms with E-state index in [0.29, 0.717) is 0 Å². The summed E-state index contributed by atoms with van der Waals surface area (Å²) in [6.07, 6.45) is 2.07. The van der Waals surface area contributed by atoms with Crippen LogP contribution in [0.2, 0.25) is 5.02 Å². The normalized spacial score (nSPS) is 11.2. The van der Waals surface area contributed by atoms with Gasteiger partial charge in [-0.1, -0.05) is 41.9 Å². The van der Waals surface area contributed by atoms with Crippen LogP contribution in [0.4, 0.5) is 0 Å². The number of aromatic nitrogens is 1. The highest BCUT2D eigenvalue weighted by Gasteiger charge is 2.05. The second-order valence-corrected chi connectivity index (χ2v) is 6.75. The third-order valence-electron chi connectivity index (χ3n) is 3.72. The Labute approximate surface area is 140 Å². The van der Waals surface area contributed by atoms with Crippen molar-refractivity contribution in [2.24, 2.45) is 7.05 Å². The summed E-state index contributed by atoms with van der Waals surface area (Å²) in [4.78, 5) is 1.15. The SMILES string of the molecule is Cn1cccc1CNCCSc1ccc2ccccc2c1Cl. The third-order valence-corrected chi connectivity index (χ3v) is 5.30. The summed E-state index contributed by atoms with van der Waals surface area (Å²) in [6.45, 7) is 1.86. The average molecular weight is 331 g/mol. The van der Waals surface area contributed by atoms with Crippen molar-refractivity contribution >= 4 is 34.1 Å². The second kappa shape index (κ2) is 7.23. The van der Waals surface area contributed by atoms with Gasteiger partial charge in [0.1, 0.15) is 0 Å². The molecule has 0 saturated carbocycles. The lowest BCUT2D eigenvalue weighted by atomic mass is 10.1. The van der Waals surface area contributed by atoms with Gasteiger partial charge in [0.15, 0.2) is 0 Å².